The van der Waals surface area contributed by atoms with Gasteiger partial charge in [-0.2, -0.15) is 8.42 Å². The molecule has 3 heteroatoms. The maximum Gasteiger partial charge on any atom is 0.210 e. The van der Waals surface area contributed by atoms with Crippen molar-refractivity contribution in [3.8, 4) is 0 Å². The minimum Gasteiger partial charge on any atom is -0.185 e. The van der Waals surface area contributed by atoms with Crippen molar-refractivity contribution in [3.05, 3.63) is 35.9 Å². The van der Waals surface area contributed by atoms with E-state index in [2.05, 4.69) is 0 Å². The Hall–Kier alpha value is -1.09. The van der Waals surface area contributed by atoms with Gasteiger partial charge in [0.2, 0.25) is 10.3 Å². The predicted molar refractivity (Wildman–Crippen MR) is 45.1 cm³/mol. The van der Waals surface area contributed by atoms with E-state index in [1.54, 1.807) is 0 Å². The van der Waals surface area contributed by atoms with Gasteiger partial charge < -0.3 is 0 Å². The predicted octanol–water partition coefficient (Wildman–Crippen LogP) is 0.910. The largest absolute Gasteiger partial charge is 0.210 e. The molecule has 0 atom stereocenters. The summed E-state index contributed by atoms with van der Waals surface area (Å²) in [6.07, 6.45) is 0.483. The monoisotopic (exact) mass is 168 g/mol. The van der Waals surface area contributed by atoms with E-state index in [-0.39, 0.29) is 0 Å². The smallest absolute Gasteiger partial charge is 0.185 e. The molecule has 1 aromatic carbocycles. The summed E-state index contributed by atoms with van der Waals surface area (Å²) in [5.74, 6) is 0. The molecule has 0 N–H and O–H groups in total. The third-order valence-electron chi connectivity index (χ3n) is 1.30. The minimum atomic E-state index is -2.04. The number of hydrogen-bond acceptors (Lipinski definition) is 2. The molecule has 0 radical (unpaired) electrons. The van der Waals surface area contributed by atoms with Crippen molar-refractivity contribution < 1.29 is 8.42 Å². The Labute approximate surface area is 67.0 Å². The zero-order valence-electron chi connectivity index (χ0n) is 5.90. The van der Waals surface area contributed by atoms with Gasteiger partial charge in [0.05, 0.1) is 0 Å². The van der Waals surface area contributed by atoms with Crippen LogP contribution in [0.4, 0.5) is 0 Å². The summed E-state index contributed by atoms with van der Waals surface area (Å²) in [5, 5.41) is 1.25. The maximum absolute atomic E-state index is 10.1. The van der Waals surface area contributed by atoms with Crippen LogP contribution in [0, 0.1) is 0 Å². The van der Waals surface area contributed by atoms with Crippen LogP contribution in [0.2, 0.25) is 0 Å². The Morgan fingerprint density at radius 3 is 2.36 bits per heavy atom. The van der Waals surface area contributed by atoms with Crippen molar-refractivity contribution in [2.75, 3.05) is 0 Å². The molecule has 1 aromatic rings. The first-order valence-corrected chi connectivity index (χ1v) is 4.38. The molecule has 0 bridgehead atoms. The third-order valence-corrected chi connectivity index (χ3v) is 1.74. The van der Waals surface area contributed by atoms with Gasteiger partial charge in [-0.3, -0.25) is 0 Å². The van der Waals surface area contributed by atoms with Crippen LogP contribution in [0.15, 0.2) is 30.3 Å². The highest BCUT2D eigenvalue weighted by Crippen LogP contribution is 1.96. The first-order chi connectivity index (χ1) is 5.29. The molecule has 0 amide bonds. The lowest BCUT2D eigenvalue weighted by molar-refractivity contribution is 0.627. The fourth-order valence-corrected chi connectivity index (χ4v) is 1.11. The van der Waals surface area contributed by atoms with Gasteiger partial charge in [-0.1, -0.05) is 30.3 Å². The molecule has 0 unspecified atom stereocenters. The van der Waals surface area contributed by atoms with E-state index in [1.165, 1.54) is 5.37 Å². The summed E-state index contributed by atoms with van der Waals surface area (Å²) in [7, 11) is -2.04. The summed E-state index contributed by atoms with van der Waals surface area (Å²) in [5.41, 5.74) is 1.01. The lowest BCUT2D eigenvalue weighted by atomic mass is 10.2. The molecule has 0 fully saturated rings. The number of hydrogen-bond donors (Lipinski definition) is 0. The van der Waals surface area contributed by atoms with E-state index in [1.807, 2.05) is 30.3 Å². The number of benzene rings is 1. The second-order valence-corrected chi connectivity index (χ2v) is 2.97. The van der Waals surface area contributed by atoms with Crippen LogP contribution in [0.5, 0.6) is 0 Å². The van der Waals surface area contributed by atoms with E-state index >= 15 is 0 Å². The van der Waals surface area contributed by atoms with Crippen LogP contribution >= 0.6 is 0 Å². The van der Waals surface area contributed by atoms with Crippen molar-refractivity contribution in [2.45, 2.75) is 6.42 Å². The van der Waals surface area contributed by atoms with Crippen LogP contribution in [0.25, 0.3) is 0 Å². The molecule has 0 saturated carbocycles. The molecule has 0 saturated heterocycles. The van der Waals surface area contributed by atoms with Gasteiger partial charge in [-0.15, -0.1) is 0 Å². The molecule has 0 heterocycles. The highest BCUT2D eigenvalue weighted by Gasteiger charge is 1.85. The third kappa shape index (κ3) is 3.00. The quantitative estimate of drug-likeness (QED) is 0.615. The average molecular weight is 168 g/mol. The average Bonchev–Trinajstić information content (AvgIpc) is 2.03. The van der Waals surface area contributed by atoms with Gasteiger partial charge in [0.1, 0.15) is 0 Å². The van der Waals surface area contributed by atoms with Crippen LogP contribution in [0.1, 0.15) is 5.56 Å². The van der Waals surface area contributed by atoms with Crippen LogP contribution in [-0.2, 0) is 16.7 Å². The van der Waals surface area contributed by atoms with Gasteiger partial charge in [-0.25, -0.2) is 0 Å². The highest BCUT2D eigenvalue weighted by molar-refractivity contribution is 7.71. The van der Waals surface area contributed by atoms with Gasteiger partial charge in [0, 0.05) is 11.8 Å². The summed E-state index contributed by atoms with van der Waals surface area (Å²) in [6, 6.07) is 9.46. The topological polar surface area (TPSA) is 34.1 Å². The lowest BCUT2D eigenvalue weighted by Crippen LogP contribution is -1.84. The number of rotatable bonds is 2. The summed E-state index contributed by atoms with van der Waals surface area (Å²) < 4.78 is 20.2. The Bertz CT molecular complexity index is 330. The Balaban J connectivity index is 2.74. The van der Waals surface area contributed by atoms with Gasteiger partial charge in [0.15, 0.2) is 0 Å². The van der Waals surface area contributed by atoms with E-state index in [0.29, 0.717) is 6.42 Å². The molecule has 1 rings (SSSR count). The fourth-order valence-electron chi connectivity index (χ4n) is 0.778. The molecular formula is C8H8O2S. The molecule has 2 nitrogen and oxygen atoms in total. The lowest BCUT2D eigenvalue weighted by Gasteiger charge is -1.90. The zero-order valence-corrected chi connectivity index (χ0v) is 6.71. The standard InChI is InChI=1S/C8H8O2S/c9-11(10)7-6-8-4-2-1-3-5-8/h1-5,7H,6H2. The Morgan fingerprint density at radius 1 is 1.18 bits per heavy atom. The second-order valence-electron chi connectivity index (χ2n) is 2.12. The van der Waals surface area contributed by atoms with Crippen LogP contribution < -0.4 is 0 Å². The highest BCUT2D eigenvalue weighted by atomic mass is 32.2. The van der Waals surface area contributed by atoms with E-state index < -0.39 is 10.3 Å². The molecular weight excluding hydrogens is 160 g/mol. The van der Waals surface area contributed by atoms with Crippen molar-refractivity contribution >= 4 is 15.7 Å². The van der Waals surface area contributed by atoms with Crippen molar-refractivity contribution in [1.82, 2.24) is 0 Å². The molecule has 0 aliphatic rings. The van der Waals surface area contributed by atoms with Gasteiger partial charge >= 0.3 is 0 Å². The first-order valence-electron chi connectivity index (χ1n) is 3.24. The summed E-state index contributed by atoms with van der Waals surface area (Å²) in [6.45, 7) is 0. The van der Waals surface area contributed by atoms with Crippen molar-refractivity contribution in [2.24, 2.45) is 0 Å². The Kier molecular flexibility index (Phi) is 2.86. The molecule has 0 aliphatic heterocycles. The van der Waals surface area contributed by atoms with Gasteiger partial charge in [0.25, 0.3) is 0 Å². The summed E-state index contributed by atoms with van der Waals surface area (Å²) in [4.78, 5) is 0. The molecule has 0 aromatic heterocycles. The molecule has 11 heavy (non-hydrogen) atoms. The van der Waals surface area contributed by atoms with Crippen molar-refractivity contribution in [3.63, 3.8) is 0 Å². The molecule has 58 valence electrons. The molecule has 0 aliphatic carbocycles. The van der Waals surface area contributed by atoms with E-state index in [9.17, 15) is 8.42 Å². The fraction of sp³-hybridized carbons (Fsp3) is 0.125. The zero-order chi connectivity index (χ0) is 8.10. The normalized spacial score (nSPS) is 9.09. The maximum atomic E-state index is 10.1. The SMILES string of the molecule is O=S(=O)=CCc1ccccc1. The van der Waals surface area contributed by atoms with E-state index in [4.69, 9.17) is 0 Å². The van der Waals surface area contributed by atoms with E-state index in [0.717, 1.165) is 5.56 Å². The first kappa shape index (κ1) is 8.01. The molecule has 0 spiro atoms. The van der Waals surface area contributed by atoms with Crippen LogP contribution in [0.3, 0.4) is 0 Å². The summed E-state index contributed by atoms with van der Waals surface area (Å²) >= 11 is 0. The van der Waals surface area contributed by atoms with Crippen molar-refractivity contribution in [1.29, 1.82) is 0 Å². The van der Waals surface area contributed by atoms with Gasteiger partial charge in [-0.05, 0) is 5.56 Å². The second kappa shape index (κ2) is 3.93. The Morgan fingerprint density at radius 2 is 1.82 bits per heavy atom. The minimum absolute atomic E-state index is 0.483. The van der Waals surface area contributed by atoms with Crippen LogP contribution in [-0.4, -0.2) is 13.8 Å².